The molecule has 0 amide bonds. The first-order valence-electron chi connectivity index (χ1n) is 12.3. The zero-order chi connectivity index (χ0) is 28.4. The molecule has 2 aromatic carbocycles. The number of benzene rings is 2. The normalized spacial score (nSPS) is 20.8. The molecule has 3 atom stereocenters. The molecular weight excluding hydrogens is 492 g/mol. The summed E-state index contributed by atoms with van der Waals surface area (Å²) in [7, 11) is 9.13. The second-order valence-corrected chi connectivity index (χ2v) is 9.38. The second kappa shape index (κ2) is 11.4. The molecule has 0 heterocycles. The van der Waals surface area contributed by atoms with Crippen molar-refractivity contribution < 1.29 is 43.1 Å². The predicted octanol–water partition coefficient (Wildman–Crippen LogP) is 4.90. The van der Waals surface area contributed by atoms with Gasteiger partial charge in [0.05, 0.1) is 42.7 Å². The van der Waals surface area contributed by atoms with E-state index in [1.807, 2.05) is 13.0 Å². The van der Waals surface area contributed by atoms with E-state index in [4.69, 9.17) is 33.2 Å². The van der Waals surface area contributed by atoms with Crippen LogP contribution in [-0.4, -0.2) is 59.3 Å². The Hall–Kier alpha value is -3.59. The highest BCUT2D eigenvalue weighted by molar-refractivity contribution is 5.90. The van der Waals surface area contributed by atoms with Crippen molar-refractivity contribution in [1.82, 2.24) is 0 Å². The number of ether oxygens (including phenoxy) is 7. The van der Waals surface area contributed by atoms with Crippen molar-refractivity contribution in [3.05, 3.63) is 34.9 Å². The lowest BCUT2D eigenvalue weighted by molar-refractivity contribution is -0.166. The molecule has 9 heteroatoms. The molecule has 0 radical (unpaired) electrons. The van der Waals surface area contributed by atoms with Crippen LogP contribution in [0.5, 0.6) is 34.5 Å². The van der Waals surface area contributed by atoms with E-state index in [1.54, 1.807) is 40.0 Å². The van der Waals surface area contributed by atoms with Gasteiger partial charge in [0, 0.05) is 22.3 Å². The summed E-state index contributed by atoms with van der Waals surface area (Å²) in [6, 6.07) is 3.56. The number of fused-ring (bicyclic) bond motifs is 3. The van der Waals surface area contributed by atoms with Gasteiger partial charge in [-0.2, -0.15) is 0 Å². The first-order chi connectivity index (χ1) is 18.0. The Morgan fingerprint density at radius 1 is 0.868 bits per heavy atom. The summed E-state index contributed by atoms with van der Waals surface area (Å²) in [5.74, 6) is 1.33. The average molecular weight is 531 g/mol. The van der Waals surface area contributed by atoms with Crippen LogP contribution in [0.3, 0.4) is 0 Å². The summed E-state index contributed by atoms with van der Waals surface area (Å²) < 4.78 is 40.5. The van der Waals surface area contributed by atoms with Crippen molar-refractivity contribution >= 4 is 5.97 Å². The highest BCUT2D eigenvalue weighted by Crippen LogP contribution is 2.58. The van der Waals surface area contributed by atoms with Crippen LogP contribution in [-0.2, 0) is 16.0 Å². The summed E-state index contributed by atoms with van der Waals surface area (Å²) in [5.41, 5.74) is 1.34. The molecule has 1 N–H and O–H groups in total. The number of allylic oxidation sites excluding steroid dienone is 1. The van der Waals surface area contributed by atoms with Crippen molar-refractivity contribution in [3.63, 3.8) is 0 Å². The molecule has 0 saturated carbocycles. The SMILES string of the molecule is C/C=C(/C)C(=O)OC1c2cc(OC)c(OC)c(OC)c2-c2c(cc(OC)c(OC)c2OC)CC(C)C1(C)O. The minimum atomic E-state index is -1.50. The van der Waals surface area contributed by atoms with Gasteiger partial charge in [0.25, 0.3) is 0 Å². The summed E-state index contributed by atoms with van der Waals surface area (Å²) in [4.78, 5) is 13.1. The van der Waals surface area contributed by atoms with Crippen molar-refractivity contribution in [3.8, 4) is 45.6 Å². The summed E-state index contributed by atoms with van der Waals surface area (Å²) in [5, 5.41) is 12.0. The molecule has 2 aromatic rings. The van der Waals surface area contributed by atoms with Crippen LogP contribution >= 0.6 is 0 Å². The largest absolute Gasteiger partial charge is 0.493 e. The van der Waals surface area contributed by atoms with Crippen LogP contribution in [0, 0.1) is 5.92 Å². The number of aliphatic hydroxyl groups is 1. The molecule has 9 nitrogen and oxygen atoms in total. The predicted molar refractivity (Wildman–Crippen MR) is 143 cm³/mol. The Labute approximate surface area is 224 Å². The fourth-order valence-electron chi connectivity index (χ4n) is 4.89. The molecule has 208 valence electrons. The maximum atomic E-state index is 13.1. The molecule has 3 rings (SSSR count). The van der Waals surface area contributed by atoms with Gasteiger partial charge in [-0.1, -0.05) is 13.0 Å². The Morgan fingerprint density at radius 3 is 1.84 bits per heavy atom. The molecule has 0 bridgehead atoms. The van der Waals surface area contributed by atoms with Crippen LogP contribution in [0.15, 0.2) is 23.8 Å². The Bertz CT molecular complexity index is 1230. The van der Waals surface area contributed by atoms with Crippen molar-refractivity contribution in [1.29, 1.82) is 0 Å². The fourth-order valence-corrected chi connectivity index (χ4v) is 4.89. The monoisotopic (exact) mass is 530 g/mol. The molecule has 38 heavy (non-hydrogen) atoms. The third kappa shape index (κ3) is 4.71. The lowest BCUT2D eigenvalue weighted by Gasteiger charge is -2.41. The number of methoxy groups -OCH3 is 6. The topological polar surface area (TPSA) is 102 Å². The molecule has 0 fully saturated rings. The van der Waals surface area contributed by atoms with Gasteiger partial charge < -0.3 is 38.3 Å². The van der Waals surface area contributed by atoms with Gasteiger partial charge in [0.2, 0.25) is 11.5 Å². The third-order valence-corrected chi connectivity index (χ3v) is 7.34. The Kier molecular flexibility index (Phi) is 8.72. The first-order valence-corrected chi connectivity index (χ1v) is 12.3. The fraction of sp³-hybridized carbons (Fsp3) is 0.483. The number of esters is 1. The van der Waals surface area contributed by atoms with E-state index in [1.165, 1.54) is 35.5 Å². The first kappa shape index (κ1) is 29.0. The Morgan fingerprint density at radius 2 is 1.37 bits per heavy atom. The van der Waals surface area contributed by atoms with Crippen LogP contribution in [0.2, 0.25) is 0 Å². The number of carbonyl (C=O) groups excluding carboxylic acids is 1. The van der Waals surface area contributed by atoms with Gasteiger partial charge in [-0.3, -0.25) is 0 Å². The van der Waals surface area contributed by atoms with Crippen LogP contribution < -0.4 is 28.4 Å². The third-order valence-electron chi connectivity index (χ3n) is 7.34. The van der Waals surface area contributed by atoms with Crippen molar-refractivity contribution in [2.45, 2.75) is 45.8 Å². The van der Waals surface area contributed by atoms with E-state index in [2.05, 4.69) is 0 Å². The van der Waals surface area contributed by atoms with Gasteiger partial charge in [0.1, 0.15) is 5.60 Å². The van der Waals surface area contributed by atoms with Crippen molar-refractivity contribution in [2.24, 2.45) is 5.92 Å². The zero-order valence-corrected chi connectivity index (χ0v) is 23.8. The van der Waals surface area contributed by atoms with Crippen LogP contribution in [0.1, 0.15) is 44.9 Å². The van der Waals surface area contributed by atoms with E-state index >= 15 is 0 Å². The maximum Gasteiger partial charge on any atom is 0.334 e. The molecule has 1 aliphatic carbocycles. The summed E-state index contributed by atoms with van der Waals surface area (Å²) in [6.45, 7) is 6.98. The molecule has 0 saturated heterocycles. The van der Waals surface area contributed by atoms with Gasteiger partial charge in [-0.05, 0) is 50.8 Å². The van der Waals surface area contributed by atoms with E-state index in [0.29, 0.717) is 63.2 Å². The van der Waals surface area contributed by atoms with Gasteiger partial charge in [-0.25, -0.2) is 4.79 Å². The second-order valence-electron chi connectivity index (χ2n) is 9.38. The number of hydrogen-bond donors (Lipinski definition) is 1. The van der Waals surface area contributed by atoms with Crippen molar-refractivity contribution in [2.75, 3.05) is 42.7 Å². The lowest BCUT2D eigenvalue weighted by atomic mass is 9.73. The number of rotatable bonds is 8. The van der Waals surface area contributed by atoms with E-state index in [0.717, 1.165) is 5.56 Å². The lowest BCUT2D eigenvalue weighted by Crippen LogP contribution is -2.44. The standard InChI is InChI=1S/C29H38O9/c1-11-15(2)28(30)38-27-18-14-20(33-6)24(35-8)26(37-10)22(18)21-17(12-16(3)29(27,4)31)13-19(32-5)23(34-7)25(21)36-9/h11,13-14,16,27,31H,12H2,1-10H3/b15-11-. The highest BCUT2D eigenvalue weighted by atomic mass is 16.6. The van der Waals surface area contributed by atoms with E-state index < -0.39 is 17.7 Å². The number of carbonyl (C=O) groups is 1. The molecule has 3 unspecified atom stereocenters. The quantitative estimate of drug-likeness (QED) is 0.377. The smallest absolute Gasteiger partial charge is 0.334 e. The molecule has 1 aliphatic rings. The highest BCUT2D eigenvalue weighted by Gasteiger charge is 2.47. The molecular formula is C29H38O9. The minimum Gasteiger partial charge on any atom is -0.493 e. The zero-order valence-electron chi connectivity index (χ0n) is 23.8. The number of hydrogen-bond acceptors (Lipinski definition) is 9. The molecule has 0 aromatic heterocycles. The van der Waals surface area contributed by atoms with Crippen LogP contribution in [0.25, 0.3) is 11.1 Å². The molecule has 0 spiro atoms. The van der Waals surface area contributed by atoms with Gasteiger partial charge >= 0.3 is 5.97 Å². The van der Waals surface area contributed by atoms with Gasteiger partial charge in [0.15, 0.2) is 29.1 Å². The minimum absolute atomic E-state index is 0.322. The molecule has 0 aliphatic heterocycles. The Balaban J connectivity index is 2.60. The average Bonchev–Trinajstić information content (AvgIpc) is 2.92. The van der Waals surface area contributed by atoms with Gasteiger partial charge in [-0.15, -0.1) is 0 Å². The maximum absolute atomic E-state index is 13.1. The van der Waals surface area contributed by atoms with E-state index in [9.17, 15) is 9.90 Å². The summed E-state index contributed by atoms with van der Waals surface area (Å²) in [6.07, 6.45) is 0.955. The summed E-state index contributed by atoms with van der Waals surface area (Å²) >= 11 is 0. The van der Waals surface area contributed by atoms with E-state index in [-0.39, 0.29) is 5.92 Å². The van der Waals surface area contributed by atoms with Crippen LogP contribution in [0.4, 0.5) is 0 Å².